The molecule has 4 rings (SSSR count). The minimum absolute atomic E-state index is 0.0105. The van der Waals surface area contributed by atoms with Crippen LogP contribution < -0.4 is 5.32 Å². The molecule has 1 aliphatic heterocycles. The van der Waals surface area contributed by atoms with Gasteiger partial charge in [0.2, 0.25) is 0 Å². The third kappa shape index (κ3) is 5.04. The van der Waals surface area contributed by atoms with Crippen molar-refractivity contribution in [3.05, 3.63) is 35.3 Å². The van der Waals surface area contributed by atoms with Gasteiger partial charge in [-0.05, 0) is 43.7 Å². The summed E-state index contributed by atoms with van der Waals surface area (Å²) in [6.45, 7) is 1.64. The highest BCUT2D eigenvalue weighted by atomic mass is 32.2. The molecule has 8 nitrogen and oxygen atoms in total. The minimum Gasteiger partial charge on any atom is -0.381 e. The number of rotatable bonds is 8. The van der Waals surface area contributed by atoms with E-state index in [0.717, 1.165) is 31.9 Å². The first-order valence-corrected chi connectivity index (χ1v) is 12.2. The van der Waals surface area contributed by atoms with Crippen LogP contribution in [0.15, 0.2) is 23.4 Å². The number of hydrogen-bond acceptors (Lipinski definition) is 7. The summed E-state index contributed by atoms with van der Waals surface area (Å²) < 4.78 is 58.6. The van der Waals surface area contributed by atoms with Crippen molar-refractivity contribution < 1.29 is 27.0 Å². The molecule has 2 aliphatic rings. The van der Waals surface area contributed by atoms with Crippen LogP contribution in [0, 0.1) is 5.92 Å². The topological polar surface area (TPSA) is 106 Å². The van der Waals surface area contributed by atoms with E-state index in [-0.39, 0.29) is 33.8 Å². The normalized spacial score (nSPS) is 19.0. The van der Waals surface area contributed by atoms with Gasteiger partial charge in [0, 0.05) is 43.8 Å². The number of ether oxygens (including phenoxy) is 1. The van der Waals surface area contributed by atoms with Crippen molar-refractivity contribution in [2.24, 2.45) is 5.92 Å². The molecule has 2 aromatic heterocycles. The molecule has 0 amide bonds. The average molecular weight is 457 g/mol. The predicted octanol–water partition coefficient (Wildman–Crippen LogP) is 3.03. The summed E-state index contributed by atoms with van der Waals surface area (Å²) in [6.07, 6.45) is 1.25. The van der Waals surface area contributed by atoms with Crippen LogP contribution in [0.2, 0.25) is 0 Å². The van der Waals surface area contributed by atoms with Crippen molar-refractivity contribution in [3.8, 4) is 0 Å². The maximum absolute atomic E-state index is 14.1. The zero-order valence-electron chi connectivity index (χ0n) is 17.2. The van der Waals surface area contributed by atoms with Gasteiger partial charge in [-0.25, -0.2) is 22.2 Å². The van der Waals surface area contributed by atoms with Gasteiger partial charge in [0.15, 0.2) is 21.1 Å². The number of sulfone groups is 1. The van der Waals surface area contributed by atoms with Gasteiger partial charge in [-0.1, -0.05) is 0 Å². The van der Waals surface area contributed by atoms with Crippen LogP contribution >= 0.6 is 0 Å². The first-order chi connectivity index (χ1) is 14.7. The summed E-state index contributed by atoms with van der Waals surface area (Å²) in [5.74, 6) is 0.207. The van der Waals surface area contributed by atoms with Gasteiger partial charge in [-0.3, -0.25) is 4.68 Å². The van der Waals surface area contributed by atoms with Crippen molar-refractivity contribution in [2.45, 2.75) is 55.8 Å². The largest absolute Gasteiger partial charge is 0.381 e. The van der Waals surface area contributed by atoms with E-state index >= 15 is 0 Å². The summed E-state index contributed by atoms with van der Waals surface area (Å²) in [5.41, 5.74) is 0.410. The van der Waals surface area contributed by atoms with Crippen LogP contribution in [0.5, 0.6) is 0 Å². The Morgan fingerprint density at radius 1 is 1.29 bits per heavy atom. The second-order valence-corrected chi connectivity index (χ2v) is 10.2. The SMILES string of the molecule is CS(=O)(=O)c1cc(NC(O)c2c(C(F)F)c(C3CC3)nn2CC2CCOCC2)ccn1. The first kappa shape index (κ1) is 22.1. The molecule has 0 bridgehead atoms. The molecule has 1 unspecified atom stereocenters. The van der Waals surface area contributed by atoms with Crippen molar-refractivity contribution in [1.82, 2.24) is 14.8 Å². The number of anilines is 1. The Bertz CT molecular complexity index is 1030. The van der Waals surface area contributed by atoms with E-state index in [1.807, 2.05) is 0 Å². The van der Waals surface area contributed by atoms with E-state index in [9.17, 15) is 22.3 Å². The minimum atomic E-state index is -3.56. The zero-order chi connectivity index (χ0) is 22.2. The molecule has 3 heterocycles. The van der Waals surface area contributed by atoms with E-state index < -0.39 is 22.5 Å². The molecule has 0 spiro atoms. The molecule has 2 aromatic rings. The highest BCUT2D eigenvalue weighted by molar-refractivity contribution is 7.90. The van der Waals surface area contributed by atoms with Crippen molar-refractivity contribution >= 4 is 15.5 Å². The van der Waals surface area contributed by atoms with E-state index in [0.29, 0.717) is 25.5 Å². The second-order valence-electron chi connectivity index (χ2n) is 8.20. The van der Waals surface area contributed by atoms with Crippen LogP contribution in [0.4, 0.5) is 14.5 Å². The lowest BCUT2D eigenvalue weighted by molar-refractivity contribution is 0.0587. The molecule has 170 valence electrons. The molecule has 1 saturated heterocycles. The fourth-order valence-electron chi connectivity index (χ4n) is 3.92. The van der Waals surface area contributed by atoms with Gasteiger partial charge in [0.05, 0.1) is 17.0 Å². The Hall–Kier alpha value is -2.11. The highest BCUT2D eigenvalue weighted by Gasteiger charge is 2.37. The van der Waals surface area contributed by atoms with Gasteiger partial charge in [-0.15, -0.1) is 0 Å². The lowest BCUT2D eigenvalue weighted by Gasteiger charge is -2.24. The van der Waals surface area contributed by atoms with Crippen LogP contribution in [0.25, 0.3) is 0 Å². The van der Waals surface area contributed by atoms with Crippen LogP contribution in [-0.2, 0) is 21.1 Å². The van der Waals surface area contributed by atoms with E-state index in [4.69, 9.17) is 4.74 Å². The Labute approximate surface area is 179 Å². The number of nitrogens with zero attached hydrogens (tertiary/aromatic N) is 3. The second kappa shape index (κ2) is 8.79. The molecule has 1 atom stereocenters. The molecular formula is C20H26F2N4O4S. The number of aliphatic hydroxyl groups is 1. The molecule has 2 N–H and O–H groups in total. The number of nitrogens with one attached hydrogen (secondary N) is 1. The summed E-state index contributed by atoms with van der Waals surface area (Å²) in [5, 5.41) is 18.0. The van der Waals surface area contributed by atoms with E-state index in [1.165, 1.54) is 23.0 Å². The van der Waals surface area contributed by atoms with E-state index in [2.05, 4.69) is 15.4 Å². The molecule has 0 radical (unpaired) electrons. The molecule has 31 heavy (non-hydrogen) atoms. The van der Waals surface area contributed by atoms with Crippen molar-refractivity contribution in [1.29, 1.82) is 0 Å². The predicted molar refractivity (Wildman–Crippen MR) is 109 cm³/mol. The number of pyridine rings is 1. The third-order valence-electron chi connectivity index (χ3n) is 5.69. The average Bonchev–Trinajstić information content (AvgIpc) is 3.49. The Balaban J connectivity index is 1.67. The van der Waals surface area contributed by atoms with Gasteiger partial charge in [-0.2, -0.15) is 5.10 Å². The van der Waals surface area contributed by atoms with E-state index in [1.54, 1.807) is 0 Å². The molecular weight excluding hydrogens is 430 g/mol. The van der Waals surface area contributed by atoms with Gasteiger partial charge in [0.25, 0.3) is 6.43 Å². The van der Waals surface area contributed by atoms with Gasteiger partial charge >= 0.3 is 0 Å². The summed E-state index contributed by atoms with van der Waals surface area (Å²) in [7, 11) is -3.56. The number of hydrogen-bond donors (Lipinski definition) is 2. The first-order valence-electron chi connectivity index (χ1n) is 10.3. The molecule has 1 aliphatic carbocycles. The maximum atomic E-state index is 14.1. The molecule has 11 heteroatoms. The van der Waals surface area contributed by atoms with Gasteiger partial charge < -0.3 is 15.2 Å². The third-order valence-corrected chi connectivity index (χ3v) is 6.67. The zero-order valence-corrected chi connectivity index (χ0v) is 18.0. The summed E-state index contributed by atoms with van der Waals surface area (Å²) in [6, 6.07) is 2.74. The maximum Gasteiger partial charge on any atom is 0.267 e. The number of aromatic nitrogens is 3. The fraction of sp³-hybridized carbons (Fsp3) is 0.600. The van der Waals surface area contributed by atoms with Gasteiger partial charge in [0.1, 0.15) is 0 Å². The lowest BCUT2D eigenvalue weighted by atomic mass is 10.0. The summed E-state index contributed by atoms with van der Waals surface area (Å²) in [4.78, 5) is 3.81. The molecule has 0 aromatic carbocycles. The van der Waals surface area contributed by atoms with Crippen molar-refractivity contribution in [3.63, 3.8) is 0 Å². The van der Waals surface area contributed by atoms with Crippen LogP contribution in [0.1, 0.15) is 61.2 Å². The van der Waals surface area contributed by atoms with Crippen molar-refractivity contribution in [2.75, 3.05) is 24.8 Å². The quantitative estimate of drug-likeness (QED) is 0.588. The highest BCUT2D eigenvalue weighted by Crippen LogP contribution is 2.45. The Morgan fingerprint density at radius 3 is 2.61 bits per heavy atom. The number of alkyl halides is 2. The Kier molecular flexibility index (Phi) is 6.27. The summed E-state index contributed by atoms with van der Waals surface area (Å²) >= 11 is 0. The van der Waals surface area contributed by atoms with Crippen LogP contribution in [-0.4, -0.2) is 47.8 Å². The fourth-order valence-corrected chi connectivity index (χ4v) is 4.51. The molecule has 2 fully saturated rings. The number of halogens is 2. The molecule has 1 saturated carbocycles. The lowest BCUT2D eigenvalue weighted by Crippen LogP contribution is -2.24. The number of aliphatic hydroxyl groups excluding tert-OH is 1. The Morgan fingerprint density at radius 2 is 2.00 bits per heavy atom. The van der Waals surface area contributed by atoms with Crippen LogP contribution in [0.3, 0.4) is 0 Å². The standard InChI is InChI=1S/C20H26F2N4O4S/c1-31(28,29)15-10-14(4-7-23-15)24-20(27)18-16(19(21)22)17(13-2-3-13)25-26(18)11-12-5-8-30-9-6-12/h4,7,10,12-13,19-20,27H,2-3,5-6,8-9,11H2,1H3,(H,23,24). The smallest absolute Gasteiger partial charge is 0.267 e. The monoisotopic (exact) mass is 456 g/mol.